The summed E-state index contributed by atoms with van der Waals surface area (Å²) in [5, 5.41) is 12.1. The predicted octanol–water partition coefficient (Wildman–Crippen LogP) is 2.39. The van der Waals surface area contributed by atoms with E-state index >= 15 is 0 Å². The Morgan fingerprint density at radius 3 is 2.74 bits per heavy atom. The van der Waals surface area contributed by atoms with E-state index in [4.69, 9.17) is 9.84 Å². The molecule has 0 saturated carbocycles. The first-order valence-corrected chi connectivity index (χ1v) is 6.80. The van der Waals surface area contributed by atoms with Crippen LogP contribution in [-0.2, 0) is 0 Å². The van der Waals surface area contributed by atoms with E-state index in [1.807, 2.05) is 19.9 Å². The minimum Gasteiger partial charge on any atom is -0.478 e. The van der Waals surface area contributed by atoms with Gasteiger partial charge in [0.05, 0.1) is 6.61 Å². The van der Waals surface area contributed by atoms with Crippen LogP contribution in [-0.4, -0.2) is 34.8 Å². The first-order valence-electron chi connectivity index (χ1n) is 6.80. The third-order valence-electron chi connectivity index (χ3n) is 2.86. The zero-order valence-electron chi connectivity index (χ0n) is 12.4. The average molecular weight is 267 g/mol. The molecule has 19 heavy (non-hydrogen) atoms. The lowest BCUT2D eigenvalue weighted by Crippen LogP contribution is -2.24. The van der Waals surface area contributed by atoms with Crippen LogP contribution >= 0.6 is 0 Å². The quantitative estimate of drug-likeness (QED) is 0.757. The molecule has 5 heteroatoms. The van der Waals surface area contributed by atoms with Crippen LogP contribution in [0.4, 0.5) is 5.95 Å². The van der Waals surface area contributed by atoms with Gasteiger partial charge in [-0.05, 0) is 32.1 Å². The lowest BCUT2D eigenvalue weighted by molar-refractivity contribution is 0.247. The van der Waals surface area contributed by atoms with Gasteiger partial charge in [-0.3, -0.25) is 0 Å². The molecule has 5 nitrogen and oxygen atoms in total. The van der Waals surface area contributed by atoms with E-state index in [2.05, 4.69) is 29.1 Å². The molecule has 1 heterocycles. The molecule has 0 aromatic carbocycles. The molecule has 0 amide bonds. The number of hydrogen-bond acceptors (Lipinski definition) is 5. The summed E-state index contributed by atoms with van der Waals surface area (Å²) in [6, 6.07) is 1.82. The normalized spacial score (nSPS) is 11.4. The summed E-state index contributed by atoms with van der Waals surface area (Å²) in [6.07, 6.45) is 1.77. The molecule has 1 aromatic rings. The molecule has 0 aliphatic carbocycles. The van der Waals surface area contributed by atoms with Crippen molar-refractivity contribution >= 4 is 5.95 Å². The number of aliphatic hydroxyl groups is 1. The molecule has 0 aliphatic heterocycles. The Kier molecular flexibility index (Phi) is 6.02. The summed E-state index contributed by atoms with van der Waals surface area (Å²) in [6.45, 7) is 9.78. The molecular formula is C14H25N3O2. The molecule has 0 saturated heterocycles. The number of nitrogens with one attached hydrogen (secondary N) is 1. The lowest BCUT2D eigenvalue weighted by atomic mass is 9.88. The van der Waals surface area contributed by atoms with Crippen molar-refractivity contribution in [2.45, 2.75) is 40.5 Å². The van der Waals surface area contributed by atoms with Gasteiger partial charge in [0.2, 0.25) is 11.8 Å². The number of ether oxygens (including phenoxy) is 1. The first kappa shape index (κ1) is 15.7. The number of anilines is 1. The fourth-order valence-corrected chi connectivity index (χ4v) is 1.80. The fraction of sp³-hybridized carbons (Fsp3) is 0.714. The van der Waals surface area contributed by atoms with Crippen LogP contribution in [0.1, 0.15) is 39.3 Å². The van der Waals surface area contributed by atoms with Gasteiger partial charge in [-0.15, -0.1) is 0 Å². The Morgan fingerprint density at radius 1 is 1.37 bits per heavy atom. The standard InChI is InChI=1S/C14H25N3O2/c1-5-19-12-9-11(2)16-13(17-12)15-10-14(3,4)7-6-8-18/h9,18H,5-8,10H2,1-4H3,(H,15,16,17). The highest BCUT2D eigenvalue weighted by Gasteiger charge is 2.17. The van der Waals surface area contributed by atoms with Crippen molar-refractivity contribution in [3.8, 4) is 5.88 Å². The molecule has 0 atom stereocenters. The van der Waals surface area contributed by atoms with Crippen LogP contribution in [0.25, 0.3) is 0 Å². The van der Waals surface area contributed by atoms with Gasteiger partial charge in [0.1, 0.15) is 0 Å². The Morgan fingerprint density at radius 2 is 2.11 bits per heavy atom. The molecule has 1 aromatic heterocycles. The largest absolute Gasteiger partial charge is 0.478 e. The maximum Gasteiger partial charge on any atom is 0.226 e. The fourth-order valence-electron chi connectivity index (χ4n) is 1.80. The van der Waals surface area contributed by atoms with Crippen molar-refractivity contribution in [1.29, 1.82) is 0 Å². The number of rotatable bonds is 8. The summed E-state index contributed by atoms with van der Waals surface area (Å²) >= 11 is 0. The Hall–Kier alpha value is -1.36. The van der Waals surface area contributed by atoms with Gasteiger partial charge in [0.25, 0.3) is 0 Å². The second-order valence-electron chi connectivity index (χ2n) is 5.45. The van der Waals surface area contributed by atoms with Crippen LogP contribution < -0.4 is 10.1 Å². The molecule has 0 spiro atoms. The summed E-state index contributed by atoms with van der Waals surface area (Å²) in [7, 11) is 0. The first-order chi connectivity index (χ1) is 8.96. The summed E-state index contributed by atoms with van der Waals surface area (Å²) in [4.78, 5) is 8.66. The van der Waals surface area contributed by atoms with Crippen molar-refractivity contribution in [2.75, 3.05) is 25.1 Å². The third kappa shape index (κ3) is 5.87. The Bertz CT molecular complexity index is 394. The number of aromatic nitrogens is 2. The zero-order chi connectivity index (χ0) is 14.3. The minimum absolute atomic E-state index is 0.0988. The van der Waals surface area contributed by atoms with Crippen molar-refractivity contribution in [3.63, 3.8) is 0 Å². The number of aryl methyl sites for hydroxylation is 1. The van der Waals surface area contributed by atoms with Gasteiger partial charge < -0.3 is 15.2 Å². The number of aliphatic hydroxyl groups excluding tert-OH is 1. The van der Waals surface area contributed by atoms with E-state index < -0.39 is 0 Å². The summed E-state index contributed by atoms with van der Waals surface area (Å²) in [5.41, 5.74) is 0.982. The number of hydrogen-bond donors (Lipinski definition) is 2. The van der Waals surface area contributed by atoms with Crippen molar-refractivity contribution < 1.29 is 9.84 Å². The SMILES string of the molecule is CCOc1cc(C)nc(NCC(C)(C)CCCO)n1. The summed E-state index contributed by atoms with van der Waals surface area (Å²) in [5.74, 6) is 1.20. The smallest absolute Gasteiger partial charge is 0.226 e. The number of nitrogens with zero attached hydrogens (tertiary/aromatic N) is 2. The van der Waals surface area contributed by atoms with Gasteiger partial charge >= 0.3 is 0 Å². The van der Waals surface area contributed by atoms with Crippen LogP contribution in [0.2, 0.25) is 0 Å². The zero-order valence-corrected chi connectivity index (χ0v) is 12.4. The Labute approximate surface area is 115 Å². The molecule has 0 fully saturated rings. The van der Waals surface area contributed by atoms with Gasteiger partial charge in [-0.25, -0.2) is 4.98 Å². The third-order valence-corrected chi connectivity index (χ3v) is 2.86. The van der Waals surface area contributed by atoms with Gasteiger partial charge in [-0.2, -0.15) is 4.98 Å². The molecule has 0 aliphatic rings. The van der Waals surface area contributed by atoms with E-state index in [9.17, 15) is 0 Å². The lowest BCUT2D eigenvalue weighted by Gasteiger charge is -2.24. The molecule has 0 unspecified atom stereocenters. The van der Waals surface area contributed by atoms with Gasteiger partial charge in [-0.1, -0.05) is 13.8 Å². The van der Waals surface area contributed by atoms with E-state index in [0.717, 1.165) is 25.1 Å². The maximum atomic E-state index is 8.89. The maximum absolute atomic E-state index is 8.89. The van der Waals surface area contributed by atoms with Crippen molar-refractivity contribution in [1.82, 2.24) is 9.97 Å². The molecule has 0 radical (unpaired) electrons. The molecular weight excluding hydrogens is 242 g/mol. The molecule has 0 bridgehead atoms. The second kappa shape index (κ2) is 7.28. The van der Waals surface area contributed by atoms with E-state index in [0.29, 0.717) is 18.4 Å². The van der Waals surface area contributed by atoms with Gasteiger partial charge in [0, 0.05) is 24.9 Å². The highest BCUT2D eigenvalue weighted by Crippen LogP contribution is 2.22. The van der Waals surface area contributed by atoms with E-state index in [-0.39, 0.29) is 12.0 Å². The monoisotopic (exact) mass is 267 g/mol. The van der Waals surface area contributed by atoms with Gasteiger partial charge in [0.15, 0.2) is 0 Å². The minimum atomic E-state index is 0.0988. The summed E-state index contributed by atoms with van der Waals surface area (Å²) < 4.78 is 5.40. The molecule has 108 valence electrons. The molecule has 1 rings (SSSR count). The van der Waals surface area contributed by atoms with Crippen LogP contribution in [0.15, 0.2) is 6.07 Å². The van der Waals surface area contributed by atoms with Crippen LogP contribution in [0, 0.1) is 12.3 Å². The van der Waals surface area contributed by atoms with Crippen LogP contribution in [0.5, 0.6) is 5.88 Å². The van der Waals surface area contributed by atoms with Crippen molar-refractivity contribution in [2.24, 2.45) is 5.41 Å². The van der Waals surface area contributed by atoms with E-state index in [1.165, 1.54) is 0 Å². The van der Waals surface area contributed by atoms with E-state index in [1.54, 1.807) is 0 Å². The second-order valence-corrected chi connectivity index (χ2v) is 5.45. The topological polar surface area (TPSA) is 67.3 Å². The van der Waals surface area contributed by atoms with Crippen molar-refractivity contribution in [3.05, 3.63) is 11.8 Å². The molecule has 2 N–H and O–H groups in total. The average Bonchev–Trinajstić information content (AvgIpc) is 2.34. The predicted molar refractivity (Wildman–Crippen MR) is 76.5 cm³/mol. The Balaban J connectivity index is 2.61. The highest BCUT2D eigenvalue weighted by atomic mass is 16.5. The highest BCUT2D eigenvalue weighted by molar-refractivity contribution is 5.30. The van der Waals surface area contributed by atoms with Crippen LogP contribution in [0.3, 0.4) is 0 Å².